The van der Waals surface area contributed by atoms with Gasteiger partial charge in [0.05, 0.1) is 12.2 Å². The van der Waals surface area contributed by atoms with Crippen molar-refractivity contribution >= 4 is 11.8 Å². The molecule has 3 aliphatic rings. The molecule has 0 spiro atoms. The summed E-state index contributed by atoms with van der Waals surface area (Å²) in [6, 6.07) is 0. The molecular formula is C13H24N2OS. The molecule has 3 aliphatic heterocycles. The monoisotopic (exact) mass is 256 g/mol. The molecule has 98 valence electrons. The predicted molar refractivity (Wildman–Crippen MR) is 72.4 cm³/mol. The Morgan fingerprint density at radius 2 is 2.06 bits per heavy atom. The van der Waals surface area contributed by atoms with Gasteiger partial charge in [0.25, 0.3) is 0 Å². The minimum atomic E-state index is 0.244. The van der Waals surface area contributed by atoms with Gasteiger partial charge in [0.2, 0.25) is 0 Å². The van der Waals surface area contributed by atoms with Crippen LogP contribution in [0.2, 0.25) is 0 Å². The number of likely N-dealkylation sites (tertiary alicyclic amines) is 1. The first-order valence-corrected chi connectivity index (χ1v) is 8.01. The molecule has 4 unspecified atom stereocenters. The van der Waals surface area contributed by atoms with Crippen LogP contribution in [0.4, 0.5) is 0 Å². The van der Waals surface area contributed by atoms with E-state index >= 15 is 0 Å². The summed E-state index contributed by atoms with van der Waals surface area (Å²) in [6.45, 7) is 5.39. The smallest absolute Gasteiger partial charge is 0.0707 e. The van der Waals surface area contributed by atoms with E-state index < -0.39 is 0 Å². The van der Waals surface area contributed by atoms with Gasteiger partial charge in [-0.2, -0.15) is 11.8 Å². The number of nitrogens with two attached hydrogens (primary N) is 1. The Hall–Kier alpha value is 0.230. The Balaban J connectivity index is 1.79. The van der Waals surface area contributed by atoms with Crippen LogP contribution in [0.15, 0.2) is 0 Å². The Labute approximate surface area is 108 Å². The van der Waals surface area contributed by atoms with Gasteiger partial charge < -0.3 is 10.5 Å². The molecule has 0 aliphatic carbocycles. The topological polar surface area (TPSA) is 38.5 Å². The van der Waals surface area contributed by atoms with Gasteiger partial charge in [-0.1, -0.05) is 6.92 Å². The number of fused-ring (bicyclic) bond motifs is 2. The second-order valence-corrected chi connectivity index (χ2v) is 7.24. The lowest BCUT2D eigenvalue weighted by atomic mass is 9.86. The summed E-state index contributed by atoms with van der Waals surface area (Å²) in [5.74, 6) is 1.31. The van der Waals surface area contributed by atoms with Crippen molar-refractivity contribution in [2.45, 2.75) is 55.6 Å². The molecule has 4 atom stereocenters. The van der Waals surface area contributed by atoms with Gasteiger partial charge in [-0.05, 0) is 31.4 Å². The number of ether oxygens (including phenoxy) is 1. The van der Waals surface area contributed by atoms with Crippen LogP contribution in [0.5, 0.6) is 0 Å². The summed E-state index contributed by atoms with van der Waals surface area (Å²) in [5, 5.41) is 0.666. The van der Waals surface area contributed by atoms with Crippen molar-refractivity contribution in [3.63, 3.8) is 0 Å². The number of morpholine rings is 1. The van der Waals surface area contributed by atoms with Gasteiger partial charge >= 0.3 is 0 Å². The van der Waals surface area contributed by atoms with E-state index in [-0.39, 0.29) is 5.54 Å². The lowest BCUT2D eigenvalue weighted by molar-refractivity contribution is -0.0792. The molecule has 2 bridgehead atoms. The molecule has 17 heavy (non-hydrogen) atoms. The Morgan fingerprint density at radius 3 is 2.65 bits per heavy atom. The molecule has 0 amide bonds. The van der Waals surface area contributed by atoms with Crippen LogP contribution in [-0.2, 0) is 4.74 Å². The van der Waals surface area contributed by atoms with Crippen molar-refractivity contribution in [1.82, 2.24) is 4.90 Å². The van der Waals surface area contributed by atoms with E-state index in [9.17, 15) is 0 Å². The molecule has 3 nitrogen and oxygen atoms in total. The van der Waals surface area contributed by atoms with Crippen LogP contribution >= 0.6 is 11.8 Å². The maximum atomic E-state index is 6.17. The molecule has 0 saturated carbocycles. The third kappa shape index (κ3) is 2.03. The summed E-state index contributed by atoms with van der Waals surface area (Å²) in [6.07, 6.45) is 6.07. The Kier molecular flexibility index (Phi) is 3.41. The fourth-order valence-corrected chi connectivity index (χ4v) is 5.13. The molecular weight excluding hydrogens is 232 g/mol. The first kappa shape index (κ1) is 12.3. The number of hydrogen-bond acceptors (Lipinski definition) is 4. The van der Waals surface area contributed by atoms with Crippen LogP contribution in [0.3, 0.4) is 0 Å². The normalized spacial score (nSPS) is 47.3. The van der Waals surface area contributed by atoms with Crippen molar-refractivity contribution in [1.29, 1.82) is 0 Å². The van der Waals surface area contributed by atoms with Gasteiger partial charge in [-0.25, -0.2) is 0 Å². The summed E-state index contributed by atoms with van der Waals surface area (Å²) in [7, 11) is 0. The Morgan fingerprint density at radius 1 is 1.35 bits per heavy atom. The average Bonchev–Trinajstić information content (AvgIpc) is 2.69. The molecule has 0 radical (unpaired) electrons. The van der Waals surface area contributed by atoms with E-state index in [0.717, 1.165) is 19.6 Å². The van der Waals surface area contributed by atoms with Gasteiger partial charge in [-0.15, -0.1) is 0 Å². The van der Waals surface area contributed by atoms with Crippen molar-refractivity contribution in [3.8, 4) is 0 Å². The fourth-order valence-electron chi connectivity index (χ4n) is 3.79. The molecule has 3 heterocycles. The van der Waals surface area contributed by atoms with Crippen molar-refractivity contribution in [2.75, 3.05) is 25.4 Å². The minimum absolute atomic E-state index is 0.244. The largest absolute Gasteiger partial charge is 0.372 e. The molecule has 4 heteroatoms. The molecule has 3 rings (SSSR count). The Bertz CT molecular complexity index is 277. The molecule has 3 fully saturated rings. The highest BCUT2D eigenvalue weighted by Gasteiger charge is 2.47. The van der Waals surface area contributed by atoms with E-state index in [0.29, 0.717) is 17.5 Å². The zero-order valence-electron chi connectivity index (χ0n) is 10.7. The van der Waals surface area contributed by atoms with Crippen molar-refractivity contribution < 1.29 is 4.74 Å². The third-order valence-corrected chi connectivity index (χ3v) is 6.37. The first-order chi connectivity index (χ1) is 8.24. The average molecular weight is 256 g/mol. The third-order valence-electron chi connectivity index (χ3n) is 4.91. The predicted octanol–water partition coefficient (Wildman–Crippen LogP) is 1.46. The number of rotatable bonds is 2. The zero-order chi connectivity index (χ0) is 11.9. The first-order valence-electron chi connectivity index (χ1n) is 6.97. The van der Waals surface area contributed by atoms with Crippen molar-refractivity contribution in [2.24, 2.45) is 5.73 Å². The van der Waals surface area contributed by atoms with E-state index in [1.807, 2.05) is 0 Å². The zero-order valence-corrected chi connectivity index (χ0v) is 11.5. The lowest BCUT2D eigenvalue weighted by Crippen LogP contribution is -2.64. The quantitative estimate of drug-likeness (QED) is 0.812. The lowest BCUT2D eigenvalue weighted by Gasteiger charge is -2.52. The van der Waals surface area contributed by atoms with Gasteiger partial charge in [0.15, 0.2) is 0 Å². The van der Waals surface area contributed by atoms with Crippen LogP contribution in [0.25, 0.3) is 0 Å². The van der Waals surface area contributed by atoms with Crippen LogP contribution in [0, 0.1) is 0 Å². The molecule has 2 N–H and O–H groups in total. The minimum Gasteiger partial charge on any atom is -0.372 e. The molecule has 0 aromatic rings. The van der Waals surface area contributed by atoms with Crippen LogP contribution in [0.1, 0.15) is 32.6 Å². The summed E-state index contributed by atoms with van der Waals surface area (Å²) < 4.78 is 5.95. The highest BCUT2D eigenvalue weighted by molar-refractivity contribution is 8.00. The molecule has 0 aromatic heterocycles. The van der Waals surface area contributed by atoms with Crippen LogP contribution in [-0.4, -0.2) is 53.3 Å². The van der Waals surface area contributed by atoms with E-state index in [2.05, 4.69) is 23.6 Å². The van der Waals surface area contributed by atoms with Gasteiger partial charge in [-0.3, -0.25) is 4.90 Å². The van der Waals surface area contributed by atoms with Gasteiger partial charge in [0, 0.05) is 30.4 Å². The molecule has 0 aromatic carbocycles. The number of thioether (sulfide) groups is 1. The summed E-state index contributed by atoms with van der Waals surface area (Å²) >= 11 is 2.10. The second kappa shape index (κ2) is 4.72. The number of hydrogen-bond donors (Lipinski definition) is 1. The molecule has 3 saturated heterocycles. The van der Waals surface area contributed by atoms with E-state index in [4.69, 9.17) is 10.5 Å². The maximum Gasteiger partial charge on any atom is 0.0707 e. The highest BCUT2D eigenvalue weighted by atomic mass is 32.2. The summed E-state index contributed by atoms with van der Waals surface area (Å²) in [5.41, 5.74) is 6.42. The SMILES string of the molecule is CC1SCCCC1(CN)N1CC2CCC(C1)O2. The van der Waals surface area contributed by atoms with Gasteiger partial charge in [0.1, 0.15) is 0 Å². The highest BCUT2D eigenvalue weighted by Crippen LogP contribution is 2.41. The van der Waals surface area contributed by atoms with E-state index in [1.165, 1.54) is 31.4 Å². The summed E-state index contributed by atoms with van der Waals surface area (Å²) in [4.78, 5) is 2.68. The number of nitrogens with zero attached hydrogens (tertiary/aromatic N) is 1. The fraction of sp³-hybridized carbons (Fsp3) is 1.00. The second-order valence-electron chi connectivity index (χ2n) is 5.79. The maximum absolute atomic E-state index is 6.17. The van der Waals surface area contributed by atoms with E-state index in [1.54, 1.807) is 0 Å². The van der Waals surface area contributed by atoms with Crippen LogP contribution < -0.4 is 5.73 Å². The van der Waals surface area contributed by atoms with Crippen molar-refractivity contribution in [3.05, 3.63) is 0 Å². The standard InChI is InChI=1S/C13H24N2OS/c1-10-13(9-14,5-2-6-17-10)15-7-11-3-4-12(8-15)16-11/h10-12H,2-9,14H2,1H3.